The molecule has 0 saturated carbocycles. The Balaban J connectivity index is 2.38. The summed E-state index contributed by atoms with van der Waals surface area (Å²) < 4.78 is 5.75. The summed E-state index contributed by atoms with van der Waals surface area (Å²) in [5, 5.41) is 1.06. The van der Waals surface area contributed by atoms with Crippen LogP contribution in [0, 0.1) is 6.92 Å². The van der Waals surface area contributed by atoms with E-state index in [1.807, 2.05) is 13.0 Å². The van der Waals surface area contributed by atoms with Crippen molar-refractivity contribution < 1.29 is 4.74 Å². The van der Waals surface area contributed by atoms with Crippen LogP contribution in [0.15, 0.2) is 30.5 Å². The number of benzene rings is 1. The molecule has 1 aromatic heterocycles. The molecule has 0 aliphatic heterocycles. The Labute approximate surface area is 120 Å². The van der Waals surface area contributed by atoms with Crippen LogP contribution in [0.2, 0.25) is 10.0 Å². The zero-order chi connectivity index (χ0) is 13.1. The molecule has 0 unspecified atom stereocenters. The summed E-state index contributed by atoms with van der Waals surface area (Å²) in [5.74, 6) is 1.46. The van der Waals surface area contributed by atoms with Gasteiger partial charge in [0.25, 0.3) is 0 Å². The maximum atomic E-state index is 6.05. The SMILES string of the molecule is Cc1cc(Oc2cc(Cl)ccc2Cl)c(CCl)cn1. The number of ether oxygens (including phenoxy) is 1. The second kappa shape index (κ2) is 5.79. The van der Waals surface area contributed by atoms with Gasteiger partial charge in [-0.05, 0) is 19.1 Å². The van der Waals surface area contributed by atoms with Crippen LogP contribution in [0.4, 0.5) is 0 Å². The highest BCUT2D eigenvalue weighted by molar-refractivity contribution is 6.34. The van der Waals surface area contributed by atoms with Gasteiger partial charge in [-0.15, -0.1) is 11.6 Å². The first-order valence-electron chi connectivity index (χ1n) is 5.24. The Morgan fingerprint density at radius 3 is 2.67 bits per heavy atom. The largest absolute Gasteiger partial charge is 0.455 e. The normalized spacial score (nSPS) is 10.4. The van der Waals surface area contributed by atoms with Gasteiger partial charge in [0.15, 0.2) is 0 Å². The lowest BCUT2D eigenvalue weighted by atomic mass is 10.2. The van der Waals surface area contributed by atoms with Gasteiger partial charge in [0.05, 0.1) is 10.9 Å². The predicted octanol–water partition coefficient (Wildman–Crippen LogP) is 5.23. The molecule has 0 aliphatic rings. The highest BCUT2D eigenvalue weighted by Crippen LogP contribution is 2.33. The van der Waals surface area contributed by atoms with Crippen molar-refractivity contribution in [1.82, 2.24) is 4.98 Å². The number of aromatic nitrogens is 1. The minimum Gasteiger partial charge on any atom is -0.455 e. The van der Waals surface area contributed by atoms with Crippen LogP contribution in [0.1, 0.15) is 11.3 Å². The van der Waals surface area contributed by atoms with Gasteiger partial charge in [-0.25, -0.2) is 0 Å². The average molecular weight is 303 g/mol. The molecule has 0 fully saturated rings. The van der Waals surface area contributed by atoms with Crippen LogP contribution in [-0.4, -0.2) is 4.98 Å². The van der Waals surface area contributed by atoms with Crippen molar-refractivity contribution in [3.8, 4) is 11.5 Å². The van der Waals surface area contributed by atoms with E-state index in [4.69, 9.17) is 39.5 Å². The van der Waals surface area contributed by atoms with Crippen LogP contribution in [0.5, 0.6) is 11.5 Å². The maximum absolute atomic E-state index is 6.05. The molecule has 1 aromatic carbocycles. The van der Waals surface area contributed by atoms with Crippen molar-refractivity contribution in [2.24, 2.45) is 0 Å². The highest BCUT2D eigenvalue weighted by atomic mass is 35.5. The molecule has 0 N–H and O–H groups in total. The molecular formula is C13H10Cl3NO. The maximum Gasteiger partial charge on any atom is 0.147 e. The van der Waals surface area contributed by atoms with Crippen LogP contribution >= 0.6 is 34.8 Å². The number of halogens is 3. The second-order valence-corrected chi connectivity index (χ2v) is 4.85. The van der Waals surface area contributed by atoms with E-state index in [1.165, 1.54) is 0 Å². The number of hydrogen-bond acceptors (Lipinski definition) is 2. The third kappa shape index (κ3) is 3.08. The first kappa shape index (κ1) is 13.5. The van der Waals surface area contributed by atoms with E-state index in [0.717, 1.165) is 11.3 Å². The molecule has 18 heavy (non-hydrogen) atoms. The smallest absolute Gasteiger partial charge is 0.147 e. The summed E-state index contributed by atoms with van der Waals surface area (Å²) >= 11 is 17.8. The Morgan fingerprint density at radius 1 is 1.17 bits per heavy atom. The van der Waals surface area contributed by atoms with Gasteiger partial charge in [-0.3, -0.25) is 4.98 Å². The Bertz CT molecular complexity index is 572. The molecule has 0 atom stereocenters. The molecule has 5 heteroatoms. The van der Waals surface area contributed by atoms with Gasteiger partial charge in [0.1, 0.15) is 11.5 Å². The van der Waals surface area contributed by atoms with Gasteiger partial charge < -0.3 is 4.74 Å². The Hall–Kier alpha value is -0.960. The summed E-state index contributed by atoms with van der Waals surface area (Å²) in [6, 6.07) is 6.87. The summed E-state index contributed by atoms with van der Waals surface area (Å²) in [7, 11) is 0. The Kier molecular flexibility index (Phi) is 4.33. The van der Waals surface area contributed by atoms with Gasteiger partial charge >= 0.3 is 0 Å². The number of aryl methyl sites for hydroxylation is 1. The first-order valence-corrected chi connectivity index (χ1v) is 6.53. The van der Waals surface area contributed by atoms with Crippen molar-refractivity contribution in [2.75, 3.05) is 0 Å². The van der Waals surface area contributed by atoms with Crippen LogP contribution < -0.4 is 4.74 Å². The molecule has 94 valence electrons. The van der Waals surface area contributed by atoms with E-state index in [9.17, 15) is 0 Å². The third-order valence-corrected chi connectivity index (χ3v) is 3.17. The number of nitrogens with zero attached hydrogens (tertiary/aromatic N) is 1. The number of hydrogen-bond donors (Lipinski definition) is 0. The topological polar surface area (TPSA) is 22.1 Å². The molecule has 0 aliphatic carbocycles. The van der Waals surface area contributed by atoms with E-state index < -0.39 is 0 Å². The minimum absolute atomic E-state index is 0.320. The van der Waals surface area contributed by atoms with Gasteiger partial charge in [-0.2, -0.15) is 0 Å². The quantitative estimate of drug-likeness (QED) is 0.724. The zero-order valence-corrected chi connectivity index (χ0v) is 11.9. The number of rotatable bonds is 3. The molecule has 0 radical (unpaired) electrons. The predicted molar refractivity (Wildman–Crippen MR) is 75.1 cm³/mol. The molecule has 2 aromatic rings. The van der Waals surface area contributed by atoms with Crippen LogP contribution in [0.3, 0.4) is 0 Å². The fraction of sp³-hybridized carbons (Fsp3) is 0.154. The van der Waals surface area contributed by atoms with E-state index in [2.05, 4.69) is 4.98 Å². The van der Waals surface area contributed by atoms with Crippen molar-refractivity contribution in [3.05, 3.63) is 51.8 Å². The van der Waals surface area contributed by atoms with Crippen molar-refractivity contribution in [3.63, 3.8) is 0 Å². The van der Waals surface area contributed by atoms with Crippen molar-refractivity contribution in [1.29, 1.82) is 0 Å². The fourth-order valence-electron chi connectivity index (χ4n) is 1.43. The molecule has 0 bridgehead atoms. The van der Waals surface area contributed by atoms with Gasteiger partial charge in [0.2, 0.25) is 0 Å². The van der Waals surface area contributed by atoms with Crippen LogP contribution in [-0.2, 0) is 5.88 Å². The lowest BCUT2D eigenvalue weighted by molar-refractivity contribution is 0.477. The molecule has 2 rings (SSSR count). The zero-order valence-electron chi connectivity index (χ0n) is 9.58. The van der Waals surface area contributed by atoms with Crippen LogP contribution in [0.25, 0.3) is 0 Å². The molecule has 1 heterocycles. The minimum atomic E-state index is 0.320. The average Bonchev–Trinajstić information content (AvgIpc) is 2.34. The van der Waals surface area contributed by atoms with Gasteiger partial charge in [0, 0.05) is 34.6 Å². The van der Waals surface area contributed by atoms with Crippen molar-refractivity contribution in [2.45, 2.75) is 12.8 Å². The lowest BCUT2D eigenvalue weighted by Crippen LogP contribution is -1.93. The Morgan fingerprint density at radius 2 is 1.94 bits per heavy atom. The van der Waals surface area contributed by atoms with E-state index in [-0.39, 0.29) is 0 Å². The van der Waals surface area contributed by atoms with E-state index in [0.29, 0.717) is 27.4 Å². The van der Waals surface area contributed by atoms with Crippen molar-refractivity contribution >= 4 is 34.8 Å². The van der Waals surface area contributed by atoms with E-state index >= 15 is 0 Å². The fourth-order valence-corrected chi connectivity index (χ4v) is 1.95. The monoisotopic (exact) mass is 301 g/mol. The van der Waals surface area contributed by atoms with Gasteiger partial charge in [-0.1, -0.05) is 23.2 Å². The number of pyridine rings is 1. The highest BCUT2D eigenvalue weighted by Gasteiger charge is 2.09. The molecule has 0 spiro atoms. The molecule has 0 amide bonds. The third-order valence-electron chi connectivity index (χ3n) is 2.34. The summed E-state index contributed by atoms with van der Waals surface area (Å²) in [4.78, 5) is 4.17. The molecular weight excluding hydrogens is 293 g/mol. The second-order valence-electron chi connectivity index (χ2n) is 3.74. The summed E-state index contributed by atoms with van der Waals surface area (Å²) in [6.45, 7) is 1.88. The summed E-state index contributed by atoms with van der Waals surface area (Å²) in [5.41, 5.74) is 1.65. The first-order chi connectivity index (χ1) is 8.60. The standard InChI is InChI=1S/C13H10Cl3NO/c1-8-4-12(9(6-14)7-17-8)18-13-5-10(15)2-3-11(13)16/h2-5,7H,6H2,1H3. The summed E-state index contributed by atoms with van der Waals surface area (Å²) in [6.07, 6.45) is 1.69. The number of alkyl halides is 1. The molecule has 2 nitrogen and oxygen atoms in total. The lowest BCUT2D eigenvalue weighted by Gasteiger charge is -2.11. The molecule has 0 saturated heterocycles. The van der Waals surface area contributed by atoms with E-state index in [1.54, 1.807) is 24.4 Å².